The number of carbonyl (C=O) groups is 1. The SMILES string of the molecule is CC(C)c1nc(N2CCN(C)CC2)ncc1C(=O)O. The van der Waals surface area contributed by atoms with Gasteiger partial charge in [0.1, 0.15) is 0 Å². The number of carboxylic acid groups (broad SMARTS) is 1. The van der Waals surface area contributed by atoms with Crippen LogP contribution in [0.2, 0.25) is 0 Å². The fourth-order valence-corrected chi connectivity index (χ4v) is 2.15. The van der Waals surface area contributed by atoms with Gasteiger partial charge in [0, 0.05) is 32.4 Å². The Labute approximate surface area is 113 Å². The maximum Gasteiger partial charge on any atom is 0.339 e. The lowest BCUT2D eigenvalue weighted by atomic mass is 10.1. The Kier molecular flexibility index (Phi) is 3.99. The number of piperazine rings is 1. The molecular formula is C13H20N4O2. The van der Waals surface area contributed by atoms with Gasteiger partial charge in [-0.15, -0.1) is 0 Å². The topological polar surface area (TPSA) is 69.6 Å². The lowest BCUT2D eigenvalue weighted by Crippen LogP contribution is -2.45. The predicted molar refractivity (Wildman–Crippen MR) is 72.8 cm³/mol. The zero-order chi connectivity index (χ0) is 14.0. The number of anilines is 1. The third-order valence-electron chi connectivity index (χ3n) is 3.37. The third kappa shape index (κ3) is 3.01. The number of hydrogen-bond donors (Lipinski definition) is 1. The molecule has 1 aromatic heterocycles. The van der Waals surface area contributed by atoms with Gasteiger partial charge in [0.05, 0.1) is 11.3 Å². The highest BCUT2D eigenvalue weighted by Crippen LogP contribution is 2.20. The molecule has 1 saturated heterocycles. The molecule has 0 aliphatic carbocycles. The van der Waals surface area contributed by atoms with E-state index in [1.165, 1.54) is 6.20 Å². The molecule has 1 aromatic rings. The fraction of sp³-hybridized carbons (Fsp3) is 0.615. The van der Waals surface area contributed by atoms with Crippen LogP contribution in [-0.4, -0.2) is 59.2 Å². The van der Waals surface area contributed by atoms with Gasteiger partial charge in [-0.05, 0) is 13.0 Å². The van der Waals surface area contributed by atoms with Crippen LogP contribution in [0.4, 0.5) is 5.95 Å². The second kappa shape index (κ2) is 5.52. The van der Waals surface area contributed by atoms with Crippen molar-refractivity contribution in [1.82, 2.24) is 14.9 Å². The molecule has 0 bridgehead atoms. The molecule has 0 unspecified atom stereocenters. The van der Waals surface area contributed by atoms with Crippen LogP contribution in [0.1, 0.15) is 35.8 Å². The van der Waals surface area contributed by atoms with Crippen molar-refractivity contribution in [2.75, 3.05) is 38.1 Å². The minimum Gasteiger partial charge on any atom is -0.478 e. The Bertz CT molecular complexity index is 468. The van der Waals surface area contributed by atoms with E-state index >= 15 is 0 Å². The molecule has 2 rings (SSSR count). The first-order valence-corrected chi connectivity index (χ1v) is 6.52. The van der Waals surface area contributed by atoms with Crippen molar-refractivity contribution < 1.29 is 9.90 Å². The minimum absolute atomic E-state index is 0.0697. The van der Waals surface area contributed by atoms with Crippen LogP contribution in [-0.2, 0) is 0 Å². The van der Waals surface area contributed by atoms with E-state index in [0.717, 1.165) is 26.2 Å². The maximum absolute atomic E-state index is 11.2. The molecular weight excluding hydrogens is 244 g/mol. The van der Waals surface area contributed by atoms with Gasteiger partial charge >= 0.3 is 5.97 Å². The van der Waals surface area contributed by atoms with E-state index in [0.29, 0.717) is 11.6 Å². The zero-order valence-electron chi connectivity index (χ0n) is 11.6. The number of aromatic nitrogens is 2. The summed E-state index contributed by atoms with van der Waals surface area (Å²) in [4.78, 5) is 24.2. The minimum atomic E-state index is -0.964. The van der Waals surface area contributed by atoms with E-state index in [-0.39, 0.29) is 11.5 Å². The molecule has 6 nitrogen and oxygen atoms in total. The first-order valence-electron chi connectivity index (χ1n) is 6.52. The van der Waals surface area contributed by atoms with Crippen molar-refractivity contribution >= 4 is 11.9 Å². The van der Waals surface area contributed by atoms with E-state index in [2.05, 4.69) is 26.8 Å². The van der Waals surface area contributed by atoms with E-state index in [1.807, 2.05) is 13.8 Å². The van der Waals surface area contributed by atoms with Crippen LogP contribution in [0, 0.1) is 0 Å². The lowest BCUT2D eigenvalue weighted by molar-refractivity contribution is 0.0694. The van der Waals surface area contributed by atoms with Crippen LogP contribution >= 0.6 is 0 Å². The summed E-state index contributed by atoms with van der Waals surface area (Å²) in [5.74, 6) is -0.254. The summed E-state index contributed by atoms with van der Waals surface area (Å²) >= 11 is 0. The molecule has 0 spiro atoms. The first-order chi connectivity index (χ1) is 8.99. The molecule has 1 aliphatic heterocycles. The van der Waals surface area contributed by atoms with Crippen LogP contribution < -0.4 is 4.90 Å². The number of hydrogen-bond acceptors (Lipinski definition) is 5. The van der Waals surface area contributed by atoms with Gasteiger partial charge in [-0.25, -0.2) is 14.8 Å². The van der Waals surface area contributed by atoms with Crippen LogP contribution in [0.3, 0.4) is 0 Å². The number of aromatic carboxylic acids is 1. The maximum atomic E-state index is 11.2. The average Bonchev–Trinajstić information content (AvgIpc) is 2.38. The zero-order valence-corrected chi connectivity index (χ0v) is 11.6. The standard InChI is InChI=1S/C13H20N4O2/c1-9(2)11-10(12(18)19)8-14-13(15-11)17-6-4-16(3)5-7-17/h8-9H,4-7H2,1-3H3,(H,18,19). The second-order valence-electron chi connectivity index (χ2n) is 5.22. The second-order valence-corrected chi connectivity index (χ2v) is 5.22. The van der Waals surface area contributed by atoms with Crippen LogP contribution in [0.25, 0.3) is 0 Å². The van der Waals surface area contributed by atoms with Gasteiger partial charge in [0.15, 0.2) is 0 Å². The summed E-state index contributed by atoms with van der Waals surface area (Å²) in [6.45, 7) is 7.59. The van der Waals surface area contributed by atoms with Crippen molar-refractivity contribution in [2.45, 2.75) is 19.8 Å². The molecule has 0 radical (unpaired) electrons. The van der Waals surface area contributed by atoms with Crippen molar-refractivity contribution in [3.05, 3.63) is 17.5 Å². The summed E-state index contributed by atoms with van der Waals surface area (Å²) in [6.07, 6.45) is 1.43. The Morgan fingerprint density at radius 3 is 2.47 bits per heavy atom. The lowest BCUT2D eigenvalue weighted by Gasteiger charge is -2.32. The molecule has 0 aromatic carbocycles. The monoisotopic (exact) mass is 264 g/mol. The summed E-state index contributed by atoms with van der Waals surface area (Å²) in [7, 11) is 2.09. The van der Waals surface area contributed by atoms with Gasteiger partial charge in [0.25, 0.3) is 0 Å². The Hall–Kier alpha value is -1.69. The highest BCUT2D eigenvalue weighted by molar-refractivity contribution is 5.88. The molecule has 0 saturated carbocycles. The average molecular weight is 264 g/mol. The van der Waals surface area contributed by atoms with E-state index in [1.54, 1.807) is 0 Å². The molecule has 0 atom stereocenters. The normalized spacial score (nSPS) is 16.9. The molecule has 6 heteroatoms. The predicted octanol–water partition coefficient (Wildman–Crippen LogP) is 1.05. The van der Waals surface area contributed by atoms with E-state index in [9.17, 15) is 4.79 Å². The summed E-state index contributed by atoms with van der Waals surface area (Å²) in [6, 6.07) is 0. The number of nitrogens with zero attached hydrogens (tertiary/aromatic N) is 4. The smallest absolute Gasteiger partial charge is 0.339 e. The molecule has 104 valence electrons. The molecule has 0 amide bonds. The first kappa shape index (κ1) is 13.7. The van der Waals surface area contributed by atoms with Gasteiger partial charge in [-0.1, -0.05) is 13.8 Å². The van der Waals surface area contributed by atoms with Gasteiger partial charge in [-0.3, -0.25) is 0 Å². The number of carboxylic acids is 1. The third-order valence-corrected chi connectivity index (χ3v) is 3.37. The largest absolute Gasteiger partial charge is 0.478 e. The molecule has 1 N–H and O–H groups in total. The molecule has 19 heavy (non-hydrogen) atoms. The van der Waals surface area contributed by atoms with Gasteiger partial charge in [0.2, 0.25) is 5.95 Å². The van der Waals surface area contributed by atoms with Gasteiger partial charge < -0.3 is 14.9 Å². The van der Waals surface area contributed by atoms with Crippen molar-refractivity contribution in [1.29, 1.82) is 0 Å². The number of rotatable bonds is 3. The molecule has 2 heterocycles. The molecule has 1 fully saturated rings. The van der Waals surface area contributed by atoms with Crippen molar-refractivity contribution in [3.63, 3.8) is 0 Å². The van der Waals surface area contributed by atoms with E-state index < -0.39 is 5.97 Å². The van der Waals surface area contributed by atoms with Crippen LogP contribution in [0.5, 0.6) is 0 Å². The Balaban J connectivity index is 2.28. The van der Waals surface area contributed by atoms with Crippen molar-refractivity contribution in [3.8, 4) is 0 Å². The number of likely N-dealkylation sites (N-methyl/N-ethyl adjacent to an activating group) is 1. The fourth-order valence-electron chi connectivity index (χ4n) is 2.15. The highest BCUT2D eigenvalue weighted by Gasteiger charge is 2.21. The highest BCUT2D eigenvalue weighted by atomic mass is 16.4. The molecule has 1 aliphatic rings. The Morgan fingerprint density at radius 2 is 1.95 bits per heavy atom. The summed E-state index contributed by atoms with van der Waals surface area (Å²) in [5.41, 5.74) is 0.810. The summed E-state index contributed by atoms with van der Waals surface area (Å²) in [5, 5.41) is 9.15. The van der Waals surface area contributed by atoms with Crippen LogP contribution in [0.15, 0.2) is 6.20 Å². The quantitative estimate of drug-likeness (QED) is 0.880. The van der Waals surface area contributed by atoms with E-state index in [4.69, 9.17) is 5.11 Å². The van der Waals surface area contributed by atoms with Gasteiger partial charge in [-0.2, -0.15) is 0 Å². The summed E-state index contributed by atoms with van der Waals surface area (Å²) < 4.78 is 0. The Morgan fingerprint density at radius 1 is 1.32 bits per heavy atom. The van der Waals surface area contributed by atoms with Crippen molar-refractivity contribution in [2.24, 2.45) is 0 Å².